The molecule has 0 spiro atoms. The van der Waals surface area contributed by atoms with E-state index in [1.807, 2.05) is 6.92 Å². The van der Waals surface area contributed by atoms with Gasteiger partial charge in [-0.05, 0) is 61.2 Å². The van der Waals surface area contributed by atoms with E-state index in [1.165, 1.54) is 36.0 Å². The van der Waals surface area contributed by atoms with E-state index < -0.39 is 5.82 Å². The van der Waals surface area contributed by atoms with Crippen molar-refractivity contribution in [3.8, 4) is 0 Å². The number of nitrogens with zero attached hydrogens (tertiary/aromatic N) is 2. The second-order valence-electron chi connectivity index (χ2n) is 8.24. The maximum atomic E-state index is 13.2. The SMILES string of the molecule is CCCNC(=O)c1ccc2c(=O)n(CCC(C)C)c(SCC(=O)c3ccc(F)cc3)nc2c1. The number of aromatic nitrogens is 2. The highest BCUT2D eigenvalue weighted by atomic mass is 32.2. The molecule has 0 saturated carbocycles. The Kier molecular flexibility index (Phi) is 8.38. The predicted molar refractivity (Wildman–Crippen MR) is 130 cm³/mol. The van der Waals surface area contributed by atoms with Crippen LogP contribution in [0.25, 0.3) is 10.9 Å². The Morgan fingerprint density at radius 1 is 1.12 bits per heavy atom. The third kappa shape index (κ3) is 6.28. The van der Waals surface area contributed by atoms with Crippen LogP contribution < -0.4 is 10.9 Å². The Labute approximate surface area is 196 Å². The predicted octanol–water partition coefficient (Wildman–Crippen LogP) is 4.70. The number of rotatable bonds is 10. The molecule has 3 rings (SSSR count). The number of hydrogen-bond donors (Lipinski definition) is 1. The number of thioether (sulfide) groups is 1. The number of hydrogen-bond acceptors (Lipinski definition) is 5. The molecule has 0 aliphatic heterocycles. The molecule has 8 heteroatoms. The van der Waals surface area contributed by atoms with E-state index in [2.05, 4.69) is 24.1 Å². The van der Waals surface area contributed by atoms with Gasteiger partial charge in [-0.15, -0.1) is 0 Å². The van der Waals surface area contributed by atoms with Gasteiger partial charge in [-0.2, -0.15) is 0 Å². The summed E-state index contributed by atoms with van der Waals surface area (Å²) < 4.78 is 14.8. The zero-order valence-electron chi connectivity index (χ0n) is 19.1. The van der Waals surface area contributed by atoms with Crippen molar-refractivity contribution in [3.05, 3.63) is 69.8 Å². The van der Waals surface area contributed by atoms with Crippen LogP contribution >= 0.6 is 11.8 Å². The van der Waals surface area contributed by atoms with Crippen molar-refractivity contribution in [2.75, 3.05) is 12.3 Å². The lowest BCUT2D eigenvalue weighted by atomic mass is 10.1. The minimum atomic E-state index is -0.406. The molecule has 3 aromatic rings. The third-order valence-electron chi connectivity index (χ3n) is 5.15. The lowest BCUT2D eigenvalue weighted by Crippen LogP contribution is -2.26. The van der Waals surface area contributed by atoms with Crippen molar-refractivity contribution in [1.82, 2.24) is 14.9 Å². The van der Waals surface area contributed by atoms with Gasteiger partial charge in [-0.1, -0.05) is 32.5 Å². The van der Waals surface area contributed by atoms with Crippen molar-refractivity contribution < 1.29 is 14.0 Å². The highest BCUT2D eigenvalue weighted by molar-refractivity contribution is 7.99. The summed E-state index contributed by atoms with van der Waals surface area (Å²) in [6, 6.07) is 10.3. The molecule has 0 aliphatic rings. The average Bonchev–Trinajstić information content (AvgIpc) is 2.80. The van der Waals surface area contributed by atoms with Crippen LogP contribution in [-0.4, -0.2) is 33.5 Å². The molecule has 0 fully saturated rings. The molecule has 1 heterocycles. The lowest BCUT2D eigenvalue weighted by Gasteiger charge is -2.14. The standard InChI is InChI=1S/C25H28FN3O3S/c1-4-12-27-23(31)18-7-10-20-21(14-18)28-25(29(24(20)32)13-11-16(2)3)33-15-22(30)17-5-8-19(26)9-6-17/h5-10,14,16H,4,11-13,15H2,1-3H3,(H,27,31). The maximum Gasteiger partial charge on any atom is 0.262 e. The third-order valence-corrected chi connectivity index (χ3v) is 6.12. The van der Waals surface area contributed by atoms with E-state index in [9.17, 15) is 18.8 Å². The fourth-order valence-electron chi connectivity index (χ4n) is 3.23. The zero-order valence-corrected chi connectivity index (χ0v) is 19.9. The molecular weight excluding hydrogens is 441 g/mol. The summed E-state index contributed by atoms with van der Waals surface area (Å²) >= 11 is 1.17. The Bertz CT molecular complexity index is 1210. The summed E-state index contributed by atoms with van der Waals surface area (Å²) in [4.78, 5) is 42.8. The zero-order chi connectivity index (χ0) is 24.0. The van der Waals surface area contributed by atoms with E-state index in [0.717, 1.165) is 12.8 Å². The van der Waals surface area contributed by atoms with E-state index in [1.54, 1.807) is 22.8 Å². The summed E-state index contributed by atoms with van der Waals surface area (Å²) in [7, 11) is 0. The average molecular weight is 470 g/mol. The number of fused-ring (bicyclic) bond motifs is 1. The van der Waals surface area contributed by atoms with Crippen LogP contribution in [0, 0.1) is 11.7 Å². The summed E-state index contributed by atoms with van der Waals surface area (Å²) in [5.74, 6) is -0.364. The number of benzene rings is 2. The first kappa shape index (κ1) is 24.6. The van der Waals surface area contributed by atoms with Gasteiger partial charge in [-0.3, -0.25) is 19.0 Å². The number of nitrogens with one attached hydrogen (secondary N) is 1. The minimum Gasteiger partial charge on any atom is -0.352 e. The molecule has 6 nitrogen and oxygen atoms in total. The number of carbonyl (C=O) groups is 2. The van der Waals surface area contributed by atoms with Gasteiger partial charge in [0.25, 0.3) is 11.5 Å². The quantitative estimate of drug-likeness (QED) is 0.265. The van der Waals surface area contributed by atoms with Crippen LogP contribution in [-0.2, 0) is 6.54 Å². The van der Waals surface area contributed by atoms with Crippen LogP contribution in [0.3, 0.4) is 0 Å². The second kappa shape index (κ2) is 11.2. The van der Waals surface area contributed by atoms with Crippen molar-refractivity contribution in [2.24, 2.45) is 5.92 Å². The molecule has 0 bridgehead atoms. The summed E-state index contributed by atoms with van der Waals surface area (Å²) in [5, 5.41) is 3.68. The van der Waals surface area contributed by atoms with Gasteiger partial charge < -0.3 is 5.32 Å². The van der Waals surface area contributed by atoms with Crippen LogP contribution in [0.15, 0.2) is 52.4 Å². The summed E-state index contributed by atoms with van der Waals surface area (Å²) in [5.41, 5.74) is 1.05. The van der Waals surface area contributed by atoms with Crippen molar-refractivity contribution in [2.45, 2.75) is 45.3 Å². The molecule has 0 unspecified atom stereocenters. The first-order chi connectivity index (χ1) is 15.8. The molecule has 0 atom stereocenters. The molecule has 1 aromatic heterocycles. The Hall–Kier alpha value is -3.00. The van der Waals surface area contributed by atoms with Crippen molar-refractivity contribution in [1.29, 1.82) is 0 Å². The monoisotopic (exact) mass is 469 g/mol. The van der Waals surface area contributed by atoms with Gasteiger partial charge in [0.15, 0.2) is 10.9 Å². The first-order valence-electron chi connectivity index (χ1n) is 11.0. The van der Waals surface area contributed by atoms with Crippen LogP contribution in [0.4, 0.5) is 4.39 Å². The Balaban J connectivity index is 1.95. The fraction of sp³-hybridized carbons (Fsp3) is 0.360. The molecule has 33 heavy (non-hydrogen) atoms. The van der Waals surface area contributed by atoms with Gasteiger partial charge in [0.1, 0.15) is 5.82 Å². The van der Waals surface area contributed by atoms with Crippen LogP contribution in [0.5, 0.6) is 0 Å². The van der Waals surface area contributed by atoms with E-state index in [4.69, 9.17) is 0 Å². The molecular formula is C25H28FN3O3S. The van der Waals surface area contributed by atoms with E-state index in [0.29, 0.717) is 46.2 Å². The van der Waals surface area contributed by atoms with Crippen molar-refractivity contribution >= 4 is 34.4 Å². The summed E-state index contributed by atoms with van der Waals surface area (Å²) in [6.45, 7) is 7.16. The molecule has 1 N–H and O–H groups in total. The fourth-order valence-corrected chi connectivity index (χ4v) is 4.15. The molecule has 2 aromatic carbocycles. The first-order valence-corrected chi connectivity index (χ1v) is 12.0. The topological polar surface area (TPSA) is 81.1 Å². The van der Waals surface area contributed by atoms with Gasteiger partial charge in [0.2, 0.25) is 0 Å². The normalized spacial score (nSPS) is 11.2. The molecule has 174 valence electrons. The summed E-state index contributed by atoms with van der Waals surface area (Å²) in [6.07, 6.45) is 1.60. The largest absolute Gasteiger partial charge is 0.352 e. The Morgan fingerprint density at radius 3 is 2.48 bits per heavy atom. The van der Waals surface area contributed by atoms with E-state index in [-0.39, 0.29) is 23.0 Å². The highest BCUT2D eigenvalue weighted by Gasteiger charge is 2.16. The number of ketones is 1. The molecule has 0 radical (unpaired) electrons. The number of Topliss-reactive ketones (excluding diaryl/α,β-unsaturated/α-hetero) is 1. The highest BCUT2D eigenvalue weighted by Crippen LogP contribution is 2.21. The Morgan fingerprint density at radius 2 is 1.82 bits per heavy atom. The van der Waals surface area contributed by atoms with Gasteiger partial charge in [0, 0.05) is 24.2 Å². The molecule has 1 amide bonds. The number of halogens is 1. The van der Waals surface area contributed by atoms with Gasteiger partial charge >= 0.3 is 0 Å². The van der Waals surface area contributed by atoms with Gasteiger partial charge in [0.05, 0.1) is 16.7 Å². The van der Waals surface area contributed by atoms with E-state index >= 15 is 0 Å². The molecule has 0 saturated heterocycles. The molecule has 0 aliphatic carbocycles. The number of amides is 1. The van der Waals surface area contributed by atoms with Gasteiger partial charge in [-0.25, -0.2) is 9.37 Å². The smallest absolute Gasteiger partial charge is 0.262 e. The second-order valence-corrected chi connectivity index (χ2v) is 9.18. The van der Waals surface area contributed by atoms with Crippen molar-refractivity contribution in [3.63, 3.8) is 0 Å². The number of carbonyl (C=O) groups excluding carboxylic acids is 2. The van der Waals surface area contributed by atoms with Crippen LogP contribution in [0.1, 0.15) is 54.3 Å². The lowest BCUT2D eigenvalue weighted by molar-refractivity contribution is 0.0952. The maximum absolute atomic E-state index is 13.2. The van der Waals surface area contributed by atoms with Crippen LogP contribution in [0.2, 0.25) is 0 Å². The minimum absolute atomic E-state index is 0.0575.